The number of hydrogen-bond donors (Lipinski definition) is 2. The number of fused-ring (bicyclic) bond motifs is 3. The molecular formula is C14H14N2O2. The number of aromatic amines is 1. The summed E-state index contributed by atoms with van der Waals surface area (Å²) in [5.41, 5.74) is 7.93. The third-order valence-electron chi connectivity index (χ3n) is 3.52. The number of aromatic nitrogens is 1. The molecular weight excluding hydrogens is 228 g/mol. The van der Waals surface area contributed by atoms with Crippen LogP contribution in [0.5, 0.6) is 0 Å². The number of carbonyl (C=O) groups is 2. The van der Waals surface area contributed by atoms with E-state index in [-0.39, 0.29) is 24.0 Å². The Balaban J connectivity index is 2.05. The van der Waals surface area contributed by atoms with Crippen LogP contribution < -0.4 is 5.73 Å². The van der Waals surface area contributed by atoms with E-state index in [1.807, 2.05) is 24.3 Å². The molecule has 1 aliphatic rings. The van der Waals surface area contributed by atoms with Crippen molar-refractivity contribution in [2.75, 3.05) is 0 Å². The third kappa shape index (κ3) is 1.70. The summed E-state index contributed by atoms with van der Waals surface area (Å²) < 4.78 is 0. The highest BCUT2D eigenvalue weighted by Crippen LogP contribution is 2.32. The van der Waals surface area contributed by atoms with Crippen LogP contribution in [0, 0.1) is 5.92 Å². The second kappa shape index (κ2) is 3.98. The third-order valence-corrected chi connectivity index (χ3v) is 3.52. The Hall–Kier alpha value is -2.10. The van der Waals surface area contributed by atoms with Gasteiger partial charge in [0.05, 0.1) is 0 Å². The lowest BCUT2D eigenvalue weighted by Crippen LogP contribution is -2.24. The number of benzene rings is 1. The minimum Gasteiger partial charge on any atom is -0.370 e. The highest BCUT2D eigenvalue weighted by Gasteiger charge is 2.29. The summed E-state index contributed by atoms with van der Waals surface area (Å²) in [4.78, 5) is 26.4. The summed E-state index contributed by atoms with van der Waals surface area (Å²) in [6.07, 6.45) is 1.41. The van der Waals surface area contributed by atoms with E-state index in [9.17, 15) is 9.59 Å². The second-order valence-corrected chi connectivity index (χ2v) is 4.89. The Kier molecular flexibility index (Phi) is 2.44. The molecule has 3 rings (SSSR count). The molecule has 1 aliphatic carbocycles. The van der Waals surface area contributed by atoms with Gasteiger partial charge in [0, 0.05) is 35.0 Å². The Morgan fingerprint density at radius 1 is 1.33 bits per heavy atom. The van der Waals surface area contributed by atoms with Gasteiger partial charge in [-0.25, -0.2) is 0 Å². The van der Waals surface area contributed by atoms with Gasteiger partial charge >= 0.3 is 0 Å². The van der Waals surface area contributed by atoms with Crippen molar-refractivity contribution in [2.24, 2.45) is 11.7 Å². The maximum atomic E-state index is 12.2. The van der Waals surface area contributed by atoms with Gasteiger partial charge in [0.1, 0.15) is 0 Å². The van der Waals surface area contributed by atoms with E-state index in [0.29, 0.717) is 6.42 Å². The summed E-state index contributed by atoms with van der Waals surface area (Å²) in [6.45, 7) is 0. The van der Waals surface area contributed by atoms with E-state index >= 15 is 0 Å². The van der Waals surface area contributed by atoms with Crippen molar-refractivity contribution >= 4 is 22.6 Å². The highest BCUT2D eigenvalue weighted by atomic mass is 16.1. The van der Waals surface area contributed by atoms with Gasteiger partial charge in [0.25, 0.3) is 0 Å². The molecule has 1 unspecified atom stereocenters. The molecule has 92 valence electrons. The molecule has 0 saturated heterocycles. The molecule has 2 aromatic rings. The first-order valence-corrected chi connectivity index (χ1v) is 6.06. The van der Waals surface area contributed by atoms with Crippen molar-refractivity contribution in [2.45, 2.75) is 19.3 Å². The summed E-state index contributed by atoms with van der Waals surface area (Å²) in [6, 6.07) is 7.79. The topological polar surface area (TPSA) is 76.0 Å². The molecule has 1 aromatic heterocycles. The zero-order chi connectivity index (χ0) is 12.7. The van der Waals surface area contributed by atoms with Crippen LogP contribution in [0.2, 0.25) is 0 Å². The Bertz CT molecular complexity index is 642. The van der Waals surface area contributed by atoms with Gasteiger partial charge in [-0.15, -0.1) is 0 Å². The number of carbonyl (C=O) groups excluding carboxylic acids is 2. The largest absolute Gasteiger partial charge is 0.370 e. The van der Waals surface area contributed by atoms with Crippen LogP contribution in [0.3, 0.4) is 0 Å². The second-order valence-electron chi connectivity index (χ2n) is 4.89. The number of amides is 1. The monoisotopic (exact) mass is 242 g/mol. The number of hydrogen-bond acceptors (Lipinski definition) is 2. The van der Waals surface area contributed by atoms with Crippen LogP contribution in [-0.2, 0) is 11.2 Å². The first-order valence-electron chi connectivity index (χ1n) is 6.06. The Labute approximate surface area is 104 Å². The fourth-order valence-electron chi connectivity index (χ4n) is 2.82. The van der Waals surface area contributed by atoms with E-state index in [0.717, 1.165) is 28.6 Å². The molecule has 1 aromatic carbocycles. The molecule has 4 heteroatoms. The average molecular weight is 242 g/mol. The van der Waals surface area contributed by atoms with Gasteiger partial charge < -0.3 is 10.7 Å². The number of para-hydroxylation sites is 1. The molecule has 1 atom stereocenters. The molecule has 0 fully saturated rings. The van der Waals surface area contributed by atoms with Crippen molar-refractivity contribution in [3.8, 4) is 0 Å². The Morgan fingerprint density at radius 3 is 2.89 bits per heavy atom. The van der Waals surface area contributed by atoms with E-state index < -0.39 is 0 Å². The molecule has 4 nitrogen and oxygen atoms in total. The lowest BCUT2D eigenvalue weighted by atomic mass is 9.84. The van der Waals surface area contributed by atoms with Gasteiger partial charge in [-0.05, 0) is 18.4 Å². The molecule has 1 amide bonds. The predicted molar refractivity (Wildman–Crippen MR) is 68.3 cm³/mol. The smallest absolute Gasteiger partial charge is 0.217 e. The van der Waals surface area contributed by atoms with Crippen LogP contribution >= 0.6 is 0 Å². The normalized spacial score (nSPS) is 18.9. The number of H-pyrrole nitrogens is 1. The summed E-state index contributed by atoms with van der Waals surface area (Å²) in [7, 11) is 0. The van der Waals surface area contributed by atoms with Gasteiger partial charge in [-0.1, -0.05) is 18.2 Å². The predicted octanol–water partition coefficient (Wildman–Crippen LogP) is 1.79. The lowest BCUT2D eigenvalue weighted by Gasteiger charge is -2.19. The maximum Gasteiger partial charge on any atom is 0.217 e. The summed E-state index contributed by atoms with van der Waals surface area (Å²) in [5.74, 6) is -0.192. The molecule has 0 saturated carbocycles. The van der Waals surface area contributed by atoms with Crippen molar-refractivity contribution in [1.29, 1.82) is 0 Å². The van der Waals surface area contributed by atoms with E-state index in [1.54, 1.807) is 0 Å². The molecule has 1 heterocycles. The number of rotatable bonds is 2. The van der Waals surface area contributed by atoms with E-state index in [2.05, 4.69) is 4.98 Å². The van der Waals surface area contributed by atoms with E-state index in [4.69, 9.17) is 5.73 Å². The zero-order valence-electron chi connectivity index (χ0n) is 9.90. The molecule has 0 aliphatic heterocycles. The molecule has 3 N–H and O–H groups in total. The van der Waals surface area contributed by atoms with Crippen molar-refractivity contribution in [1.82, 2.24) is 4.98 Å². The fraction of sp³-hybridized carbons (Fsp3) is 0.286. The minimum absolute atomic E-state index is 0.0376. The maximum absolute atomic E-state index is 12.2. The molecule has 18 heavy (non-hydrogen) atoms. The number of nitrogens with one attached hydrogen (secondary N) is 1. The van der Waals surface area contributed by atoms with Crippen LogP contribution in [-0.4, -0.2) is 16.7 Å². The van der Waals surface area contributed by atoms with E-state index in [1.165, 1.54) is 0 Å². The molecule has 0 spiro atoms. The molecule has 0 radical (unpaired) electrons. The standard InChI is InChI=1S/C14H14N2O2/c15-13(18)7-8-5-11-14(12(17)6-8)9-3-1-2-4-10(9)16-11/h1-4,8,16H,5-7H2,(H2,15,18). The first-order chi connectivity index (χ1) is 8.65. The van der Waals surface area contributed by atoms with Gasteiger partial charge in [0.15, 0.2) is 5.78 Å². The van der Waals surface area contributed by atoms with Gasteiger partial charge in [0.2, 0.25) is 5.91 Å². The SMILES string of the molecule is NC(=O)CC1CC(=O)c2c([nH]c3ccccc23)C1. The van der Waals surface area contributed by atoms with Gasteiger partial charge in [-0.3, -0.25) is 9.59 Å². The van der Waals surface area contributed by atoms with Gasteiger partial charge in [-0.2, -0.15) is 0 Å². The first kappa shape index (κ1) is 11.0. The van der Waals surface area contributed by atoms with Crippen molar-refractivity contribution in [3.05, 3.63) is 35.5 Å². The number of ketones is 1. The summed E-state index contributed by atoms with van der Waals surface area (Å²) >= 11 is 0. The van der Waals surface area contributed by atoms with Crippen LogP contribution in [0.1, 0.15) is 28.9 Å². The summed E-state index contributed by atoms with van der Waals surface area (Å²) in [5, 5.41) is 0.982. The van der Waals surface area contributed by atoms with Crippen LogP contribution in [0.15, 0.2) is 24.3 Å². The Morgan fingerprint density at radius 2 is 2.11 bits per heavy atom. The highest BCUT2D eigenvalue weighted by molar-refractivity contribution is 6.10. The van der Waals surface area contributed by atoms with Crippen molar-refractivity contribution < 1.29 is 9.59 Å². The average Bonchev–Trinajstić information content (AvgIpc) is 2.66. The van der Waals surface area contributed by atoms with Crippen LogP contribution in [0.25, 0.3) is 10.9 Å². The minimum atomic E-state index is -0.340. The number of Topliss-reactive ketones (excluding diaryl/α,β-unsaturated/α-hetero) is 1. The quantitative estimate of drug-likeness (QED) is 0.842. The fourth-order valence-corrected chi connectivity index (χ4v) is 2.82. The van der Waals surface area contributed by atoms with Crippen LogP contribution in [0.4, 0.5) is 0 Å². The number of primary amides is 1. The lowest BCUT2D eigenvalue weighted by molar-refractivity contribution is -0.118. The molecule has 0 bridgehead atoms. The number of nitrogens with two attached hydrogens (primary N) is 1. The zero-order valence-corrected chi connectivity index (χ0v) is 9.90. The van der Waals surface area contributed by atoms with Crippen molar-refractivity contribution in [3.63, 3.8) is 0 Å².